The molecule has 6 heteroatoms. The fourth-order valence-corrected chi connectivity index (χ4v) is 1.95. The van der Waals surface area contributed by atoms with E-state index in [1.54, 1.807) is 13.2 Å². The number of methoxy groups -OCH3 is 1. The van der Waals surface area contributed by atoms with Gasteiger partial charge < -0.3 is 15.4 Å². The number of nitrogens with zero attached hydrogens (tertiary/aromatic N) is 2. The average Bonchev–Trinajstić information content (AvgIpc) is 2.51. The summed E-state index contributed by atoms with van der Waals surface area (Å²) in [6.45, 7) is 6.50. The highest BCUT2D eigenvalue weighted by molar-refractivity contribution is 5.92. The molecule has 0 aliphatic carbocycles. The van der Waals surface area contributed by atoms with Crippen LogP contribution in [0.1, 0.15) is 36.8 Å². The highest BCUT2D eigenvalue weighted by Gasteiger charge is 2.13. The molecule has 122 valence electrons. The predicted octanol–water partition coefficient (Wildman–Crippen LogP) is 2.63. The maximum absolute atomic E-state index is 12.2. The zero-order valence-corrected chi connectivity index (χ0v) is 13.9. The van der Waals surface area contributed by atoms with Crippen LogP contribution in [0.3, 0.4) is 0 Å². The monoisotopic (exact) mass is 314 g/mol. The lowest BCUT2D eigenvalue weighted by molar-refractivity contribution is 0.0945. The van der Waals surface area contributed by atoms with E-state index >= 15 is 0 Å². The molecule has 0 aliphatic heterocycles. The van der Waals surface area contributed by atoms with Crippen molar-refractivity contribution in [3.8, 4) is 5.75 Å². The summed E-state index contributed by atoms with van der Waals surface area (Å²) in [7, 11) is 1.62. The summed E-state index contributed by atoms with van der Waals surface area (Å²) in [6.07, 6.45) is 1.39. The zero-order valence-electron chi connectivity index (χ0n) is 13.9. The van der Waals surface area contributed by atoms with Crippen LogP contribution in [0.15, 0.2) is 36.7 Å². The number of anilines is 1. The minimum atomic E-state index is -0.236. The maximum Gasteiger partial charge on any atom is 0.270 e. The molecule has 0 spiro atoms. The van der Waals surface area contributed by atoms with Gasteiger partial charge in [-0.1, -0.05) is 12.1 Å². The number of hydrogen-bond donors (Lipinski definition) is 2. The number of amides is 1. The van der Waals surface area contributed by atoms with E-state index in [4.69, 9.17) is 4.74 Å². The summed E-state index contributed by atoms with van der Waals surface area (Å²) in [5.41, 5.74) is 1.19. The number of carbonyl (C=O) groups is 1. The summed E-state index contributed by atoms with van der Waals surface area (Å²) >= 11 is 0. The van der Waals surface area contributed by atoms with Gasteiger partial charge in [0.25, 0.3) is 5.91 Å². The van der Waals surface area contributed by atoms with E-state index in [-0.39, 0.29) is 11.4 Å². The first-order chi connectivity index (χ1) is 10.9. The minimum absolute atomic E-state index is 0.134. The maximum atomic E-state index is 12.2. The number of benzene rings is 1. The number of hydrogen-bond acceptors (Lipinski definition) is 5. The molecule has 0 radical (unpaired) electrons. The Morgan fingerprint density at radius 2 is 1.87 bits per heavy atom. The number of aromatic nitrogens is 2. The smallest absolute Gasteiger partial charge is 0.270 e. The fourth-order valence-electron chi connectivity index (χ4n) is 1.95. The van der Waals surface area contributed by atoms with Crippen LogP contribution in [0.2, 0.25) is 0 Å². The first kappa shape index (κ1) is 16.7. The lowest BCUT2D eigenvalue weighted by atomic mass is 10.1. The second-order valence-corrected chi connectivity index (χ2v) is 6.19. The second-order valence-electron chi connectivity index (χ2n) is 6.19. The van der Waals surface area contributed by atoms with Gasteiger partial charge in [0.15, 0.2) is 0 Å². The third-order valence-corrected chi connectivity index (χ3v) is 3.01. The van der Waals surface area contributed by atoms with E-state index in [0.717, 1.165) is 11.3 Å². The van der Waals surface area contributed by atoms with Crippen molar-refractivity contribution in [1.82, 2.24) is 15.3 Å². The summed E-state index contributed by atoms with van der Waals surface area (Å²) in [4.78, 5) is 20.4. The summed E-state index contributed by atoms with van der Waals surface area (Å²) in [5, 5.41) is 6.06. The van der Waals surface area contributed by atoms with E-state index < -0.39 is 0 Å². The molecule has 1 aromatic heterocycles. The molecular weight excluding hydrogens is 292 g/mol. The molecule has 0 saturated heterocycles. The molecule has 0 aliphatic rings. The standard InChI is InChI=1S/C17H22N4O2/c1-17(2,3)21-15-9-14(19-11-20-15)16(22)18-10-12-5-7-13(23-4)8-6-12/h5-9,11H,10H2,1-4H3,(H,18,22)(H,19,20,21). The Morgan fingerprint density at radius 3 is 2.48 bits per heavy atom. The molecule has 0 bridgehead atoms. The Morgan fingerprint density at radius 1 is 1.17 bits per heavy atom. The first-order valence-corrected chi connectivity index (χ1v) is 7.39. The van der Waals surface area contributed by atoms with Crippen LogP contribution in [0.5, 0.6) is 5.75 Å². The lowest BCUT2D eigenvalue weighted by Crippen LogP contribution is -2.28. The largest absolute Gasteiger partial charge is 0.497 e. The topological polar surface area (TPSA) is 76.1 Å². The molecule has 2 N–H and O–H groups in total. The van der Waals surface area contributed by atoms with Crippen LogP contribution in [-0.2, 0) is 6.54 Å². The van der Waals surface area contributed by atoms with Crippen LogP contribution < -0.4 is 15.4 Å². The van der Waals surface area contributed by atoms with Crippen LogP contribution >= 0.6 is 0 Å². The highest BCUT2D eigenvalue weighted by Crippen LogP contribution is 2.13. The Bertz CT molecular complexity index is 663. The van der Waals surface area contributed by atoms with E-state index in [0.29, 0.717) is 18.1 Å². The molecule has 2 aromatic rings. The van der Waals surface area contributed by atoms with E-state index in [1.807, 2.05) is 45.0 Å². The number of carbonyl (C=O) groups excluding carboxylic acids is 1. The molecule has 0 unspecified atom stereocenters. The van der Waals surface area contributed by atoms with Gasteiger partial charge in [0.1, 0.15) is 23.6 Å². The van der Waals surface area contributed by atoms with Gasteiger partial charge in [0.2, 0.25) is 0 Å². The SMILES string of the molecule is COc1ccc(CNC(=O)c2cc(NC(C)(C)C)ncn2)cc1. The molecule has 0 fully saturated rings. The van der Waals surface area contributed by atoms with Crippen molar-refractivity contribution in [3.05, 3.63) is 47.9 Å². The third kappa shape index (κ3) is 5.25. The Labute approximate surface area is 136 Å². The van der Waals surface area contributed by atoms with Gasteiger partial charge in [-0.3, -0.25) is 4.79 Å². The molecule has 0 saturated carbocycles. The molecule has 6 nitrogen and oxygen atoms in total. The molecule has 2 rings (SSSR count). The summed E-state index contributed by atoms with van der Waals surface area (Å²) < 4.78 is 5.11. The normalized spacial score (nSPS) is 11.0. The first-order valence-electron chi connectivity index (χ1n) is 7.39. The highest BCUT2D eigenvalue weighted by atomic mass is 16.5. The minimum Gasteiger partial charge on any atom is -0.497 e. The van der Waals surface area contributed by atoms with Crippen molar-refractivity contribution < 1.29 is 9.53 Å². The van der Waals surface area contributed by atoms with E-state index in [9.17, 15) is 4.79 Å². The number of ether oxygens (including phenoxy) is 1. The van der Waals surface area contributed by atoms with Gasteiger partial charge >= 0.3 is 0 Å². The van der Waals surface area contributed by atoms with Crippen molar-refractivity contribution in [2.75, 3.05) is 12.4 Å². The molecule has 0 atom stereocenters. The molecule has 1 aromatic carbocycles. The Balaban J connectivity index is 1.98. The van der Waals surface area contributed by atoms with Crippen LogP contribution in [0.4, 0.5) is 5.82 Å². The molecular formula is C17H22N4O2. The molecule has 23 heavy (non-hydrogen) atoms. The van der Waals surface area contributed by atoms with Gasteiger partial charge in [0.05, 0.1) is 7.11 Å². The number of nitrogens with one attached hydrogen (secondary N) is 2. The van der Waals surface area contributed by atoms with Gasteiger partial charge in [-0.2, -0.15) is 0 Å². The molecule has 1 amide bonds. The van der Waals surface area contributed by atoms with Crippen LogP contribution in [0.25, 0.3) is 0 Å². The van der Waals surface area contributed by atoms with Crippen molar-refractivity contribution in [3.63, 3.8) is 0 Å². The fraction of sp³-hybridized carbons (Fsp3) is 0.353. The second kappa shape index (κ2) is 7.09. The van der Waals surface area contributed by atoms with Gasteiger partial charge in [-0.15, -0.1) is 0 Å². The van der Waals surface area contributed by atoms with E-state index in [2.05, 4.69) is 20.6 Å². The van der Waals surface area contributed by atoms with Gasteiger partial charge in [0, 0.05) is 18.2 Å². The van der Waals surface area contributed by atoms with Gasteiger partial charge in [-0.05, 0) is 38.5 Å². The Hall–Kier alpha value is -2.63. The summed E-state index contributed by atoms with van der Waals surface area (Å²) in [6, 6.07) is 9.18. The number of rotatable bonds is 5. The van der Waals surface area contributed by atoms with Crippen molar-refractivity contribution in [2.45, 2.75) is 32.9 Å². The van der Waals surface area contributed by atoms with E-state index in [1.165, 1.54) is 6.33 Å². The zero-order chi connectivity index (χ0) is 16.9. The Kier molecular flexibility index (Phi) is 5.16. The lowest BCUT2D eigenvalue weighted by Gasteiger charge is -2.21. The predicted molar refractivity (Wildman–Crippen MR) is 89.6 cm³/mol. The third-order valence-electron chi connectivity index (χ3n) is 3.01. The van der Waals surface area contributed by atoms with Crippen LogP contribution in [-0.4, -0.2) is 28.5 Å². The quantitative estimate of drug-likeness (QED) is 0.887. The van der Waals surface area contributed by atoms with Crippen molar-refractivity contribution in [1.29, 1.82) is 0 Å². The summed E-state index contributed by atoms with van der Waals surface area (Å²) in [5.74, 6) is 1.18. The van der Waals surface area contributed by atoms with Crippen molar-refractivity contribution >= 4 is 11.7 Å². The molecule has 1 heterocycles. The van der Waals surface area contributed by atoms with Gasteiger partial charge in [-0.25, -0.2) is 9.97 Å². The average molecular weight is 314 g/mol. The van der Waals surface area contributed by atoms with Crippen molar-refractivity contribution in [2.24, 2.45) is 0 Å². The van der Waals surface area contributed by atoms with Crippen LogP contribution in [0, 0.1) is 0 Å².